The first-order valence-electron chi connectivity index (χ1n) is 5.18. The number of halogens is 1. The zero-order valence-electron chi connectivity index (χ0n) is 8.66. The number of ketones is 1. The van der Waals surface area contributed by atoms with E-state index in [2.05, 4.69) is 5.32 Å². The van der Waals surface area contributed by atoms with Crippen LogP contribution in [0.3, 0.4) is 0 Å². The maximum Gasteiger partial charge on any atom is 0.138 e. The van der Waals surface area contributed by atoms with E-state index >= 15 is 0 Å². The first-order chi connectivity index (χ1) is 7.16. The van der Waals surface area contributed by atoms with E-state index < -0.39 is 0 Å². The van der Waals surface area contributed by atoms with E-state index in [9.17, 15) is 4.79 Å². The summed E-state index contributed by atoms with van der Waals surface area (Å²) in [6, 6.07) is 7.82. The molecule has 2 nitrogen and oxygen atoms in total. The second-order valence-electron chi connectivity index (χ2n) is 4.09. The van der Waals surface area contributed by atoms with Crippen molar-refractivity contribution in [3.8, 4) is 0 Å². The van der Waals surface area contributed by atoms with Crippen molar-refractivity contribution in [2.45, 2.75) is 19.4 Å². The van der Waals surface area contributed by atoms with Crippen LogP contribution in [0.5, 0.6) is 0 Å². The molecule has 0 radical (unpaired) electrons. The first-order valence-corrected chi connectivity index (χ1v) is 5.56. The molecule has 1 saturated heterocycles. The summed E-state index contributed by atoms with van der Waals surface area (Å²) < 4.78 is 0. The molecule has 1 aromatic carbocycles. The van der Waals surface area contributed by atoms with Crippen molar-refractivity contribution >= 4 is 17.4 Å². The van der Waals surface area contributed by atoms with Crippen molar-refractivity contribution in [3.63, 3.8) is 0 Å². The van der Waals surface area contributed by atoms with Crippen LogP contribution in [-0.2, 0) is 4.79 Å². The molecule has 2 atom stereocenters. The molecule has 1 aromatic rings. The van der Waals surface area contributed by atoms with Gasteiger partial charge in [-0.1, -0.05) is 30.7 Å². The summed E-state index contributed by atoms with van der Waals surface area (Å²) >= 11 is 5.92. The summed E-state index contributed by atoms with van der Waals surface area (Å²) in [7, 11) is 0. The molecule has 2 rings (SSSR count). The van der Waals surface area contributed by atoms with E-state index in [1.807, 2.05) is 31.2 Å². The fraction of sp³-hybridized carbons (Fsp3) is 0.417. The van der Waals surface area contributed by atoms with E-state index in [1.165, 1.54) is 0 Å². The van der Waals surface area contributed by atoms with Crippen LogP contribution >= 0.6 is 11.6 Å². The minimum atomic E-state index is 0.132. The Bertz CT molecular complexity index is 378. The average Bonchev–Trinajstić information content (AvgIpc) is 2.22. The maximum absolute atomic E-state index is 11.6. The Balaban J connectivity index is 2.15. The molecule has 1 aliphatic rings. The molecule has 0 aromatic heterocycles. The van der Waals surface area contributed by atoms with Crippen molar-refractivity contribution < 1.29 is 4.79 Å². The molecule has 1 N–H and O–H groups in total. The molecular weight excluding hydrogens is 210 g/mol. The minimum absolute atomic E-state index is 0.132. The standard InChI is InChI=1S/C12H14ClNO/c1-8-7-14-11(6-12(8)15)9-3-2-4-10(13)5-9/h2-5,8,11,14H,6-7H2,1H3. The van der Waals surface area contributed by atoms with Gasteiger partial charge in [-0.3, -0.25) is 4.79 Å². The molecule has 15 heavy (non-hydrogen) atoms. The van der Waals surface area contributed by atoms with Gasteiger partial charge in [-0.2, -0.15) is 0 Å². The molecule has 0 bridgehead atoms. The van der Waals surface area contributed by atoms with E-state index in [0.29, 0.717) is 12.2 Å². The Morgan fingerprint density at radius 3 is 2.93 bits per heavy atom. The highest BCUT2D eigenvalue weighted by Gasteiger charge is 2.25. The number of rotatable bonds is 1. The number of piperidine rings is 1. The molecule has 1 aliphatic heterocycles. The Hall–Kier alpha value is -0.860. The number of nitrogens with one attached hydrogen (secondary N) is 1. The molecule has 0 aliphatic carbocycles. The van der Waals surface area contributed by atoms with Gasteiger partial charge >= 0.3 is 0 Å². The Labute approximate surface area is 94.6 Å². The number of benzene rings is 1. The van der Waals surface area contributed by atoms with Crippen molar-refractivity contribution in [3.05, 3.63) is 34.9 Å². The quantitative estimate of drug-likeness (QED) is 0.793. The lowest BCUT2D eigenvalue weighted by molar-refractivity contribution is -0.124. The topological polar surface area (TPSA) is 29.1 Å². The highest BCUT2D eigenvalue weighted by atomic mass is 35.5. The summed E-state index contributed by atoms with van der Waals surface area (Å²) in [5, 5.41) is 4.09. The van der Waals surface area contributed by atoms with Crippen LogP contribution in [0.25, 0.3) is 0 Å². The zero-order valence-corrected chi connectivity index (χ0v) is 9.42. The summed E-state index contributed by atoms with van der Waals surface area (Å²) in [6.45, 7) is 2.72. The van der Waals surface area contributed by atoms with Crippen LogP contribution in [0.1, 0.15) is 24.9 Å². The van der Waals surface area contributed by atoms with E-state index in [4.69, 9.17) is 11.6 Å². The third kappa shape index (κ3) is 2.39. The summed E-state index contributed by atoms with van der Waals surface area (Å²) in [5.41, 5.74) is 1.10. The maximum atomic E-state index is 11.6. The average molecular weight is 224 g/mol. The lowest BCUT2D eigenvalue weighted by Crippen LogP contribution is -2.37. The van der Waals surface area contributed by atoms with Crippen LogP contribution in [-0.4, -0.2) is 12.3 Å². The van der Waals surface area contributed by atoms with Gasteiger partial charge in [0.05, 0.1) is 0 Å². The van der Waals surface area contributed by atoms with Crippen LogP contribution in [0, 0.1) is 5.92 Å². The van der Waals surface area contributed by atoms with Crippen molar-refractivity contribution in [1.29, 1.82) is 0 Å². The molecule has 1 fully saturated rings. The summed E-state index contributed by atoms with van der Waals surface area (Å²) in [4.78, 5) is 11.6. The molecule has 0 amide bonds. The Morgan fingerprint density at radius 1 is 1.47 bits per heavy atom. The summed E-state index contributed by atoms with van der Waals surface area (Å²) in [5.74, 6) is 0.471. The third-order valence-corrected chi connectivity index (χ3v) is 3.11. The van der Waals surface area contributed by atoms with Gasteiger partial charge in [-0.15, -0.1) is 0 Å². The van der Waals surface area contributed by atoms with Crippen LogP contribution < -0.4 is 5.32 Å². The largest absolute Gasteiger partial charge is 0.309 e. The Kier molecular flexibility index (Phi) is 3.08. The van der Waals surface area contributed by atoms with Gasteiger partial charge in [0.15, 0.2) is 0 Å². The normalized spacial score (nSPS) is 26.7. The lowest BCUT2D eigenvalue weighted by Gasteiger charge is -2.27. The van der Waals surface area contributed by atoms with Gasteiger partial charge in [0.2, 0.25) is 0 Å². The molecule has 0 saturated carbocycles. The molecular formula is C12H14ClNO. The number of carbonyl (C=O) groups is 1. The second-order valence-corrected chi connectivity index (χ2v) is 4.52. The smallest absolute Gasteiger partial charge is 0.138 e. The van der Waals surface area contributed by atoms with Crippen molar-refractivity contribution in [2.75, 3.05) is 6.54 Å². The monoisotopic (exact) mass is 223 g/mol. The number of carbonyl (C=O) groups excluding carboxylic acids is 1. The molecule has 0 spiro atoms. The van der Waals surface area contributed by atoms with Gasteiger partial charge in [0.25, 0.3) is 0 Å². The molecule has 1 heterocycles. The van der Waals surface area contributed by atoms with Gasteiger partial charge in [-0.05, 0) is 17.7 Å². The first kappa shape index (κ1) is 10.7. The van der Waals surface area contributed by atoms with Crippen LogP contribution in [0.2, 0.25) is 5.02 Å². The van der Waals surface area contributed by atoms with Gasteiger partial charge in [0, 0.05) is 29.9 Å². The number of Topliss-reactive ketones (excluding diaryl/α,β-unsaturated/α-hetero) is 1. The van der Waals surface area contributed by atoms with Gasteiger partial charge in [0.1, 0.15) is 5.78 Å². The third-order valence-electron chi connectivity index (χ3n) is 2.88. The van der Waals surface area contributed by atoms with E-state index in [0.717, 1.165) is 17.1 Å². The van der Waals surface area contributed by atoms with E-state index in [1.54, 1.807) is 0 Å². The Morgan fingerprint density at radius 2 is 2.27 bits per heavy atom. The predicted molar refractivity (Wildman–Crippen MR) is 61.0 cm³/mol. The van der Waals surface area contributed by atoms with Crippen molar-refractivity contribution in [1.82, 2.24) is 5.32 Å². The minimum Gasteiger partial charge on any atom is -0.309 e. The van der Waals surface area contributed by atoms with Gasteiger partial charge < -0.3 is 5.32 Å². The fourth-order valence-corrected chi connectivity index (χ4v) is 2.07. The molecule has 2 unspecified atom stereocenters. The van der Waals surface area contributed by atoms with E-state index in [-0.39, 0.29) is 12.0 Å². The highest BCUT2D eigenvalue weighted by Crippen LogP contribution is 2.25. The van der Waals surface area contributed by atoms with Crippen LogP contribution in [0.15, 0.2) is 24.3 Å². The fourth-order valence-electron chi connectivity index (χ4n) is 1.87. The predicted octanol–water partition coefficient (Wildman–Crippen LogP) is 2.58. The zero-order chi connectivity index (χ0) is 10.8. The highest BCUT2D eigenvalue weighted by molar-refractivity contribution is 6.30. The SMILES string of the molecule is CC1CNC(c2cccc(Cl)c2)CC1=O. The molecule has 3 heteroatoms. The number of hydrogen-bond donors (Lipinski definition) is 1. The van der Waals surface area contributed by atoms with Crippen molar-refractivity contribution in [2.24, 2.45) is 5.92 Å². The summed E-state index contributed by atoms with van der Waals surface area (Å²) in [6.07, 6.45) is 0.571. The number of hydrogen-bond acceptors (Lipinski definition) is 2. The lowest BCUT2D eigenvalue weighted by atomic mass is 9.91. The second kappa shape index (κ2) is 4.33. The van der Waals surface area contributed by atoms with Crippen LogP contribution in [0.4, 0.5) is 0 Å². The van der Waals surface area contributed by atoms with Gasteiger partial charge in [-0.25, -0.2) is 0 Å². The molecule has 80 valence electrons.